The van der Waals surface area contributed by atoms with E-state index in [1.807, 2.05) is 36.4 Å². The molecule has 0 aliphatic rings. The zero-order chi connectivity index (χ0) is 19.1. The number of carbonyl (C=O) groups excluding carboxylic acids is 1. The lowest BCUT2D eigenvalue weighted by Gasteiger charge is -2.02. The molecule has 0 aliphatic carbocycles. The molecule has 6 heteroatoms. The molecule has 0 spiro atoms. The van der Waals surface area contributed by atoms with Gasteiger partial charge in [0.25, 0.3) is 0 Å². The van der Waals surface area contributed by atoms with Gasteiger partial charge in [-0.3, -0.25) is 0 Å². The van der Waals surface area contributed by atoms with Crippen molar-refractivity contribution in [2.45, 2.75) is 19.8 Å². The minimum Gasteiger partial charge on any atom is -0.478 e. The highest BCUT2D eigenvalue weighted by Crippen LogP contribution is 2.05. The fourth-order valence-electron chi connectivity index (χ4n) is 1.37. The van der Waals surface area contributed by atoms with Crippen LogP contribution in [-0.4, -0.2) is 34.7 Å². The second-order valence-electron chi connectivity index (χ2n) is 4.77. The Morgan fingerprint density at radius 1 is 1.04 bits per heavy atom. The lowest BCUT2D eigenvalue weighted by molar-refractivity contribution is -0.138. The fraction of sp³-hybridized carbons (Fsp3) is 0.211. The Labute approximate surface area is 146 Å². The Morgan fingerprint density at radius 2 is 1.60 bits per heavy atom. The topological polar surface area (TPSA) is 101 Å². The summed E-state index contributed by atoms with van der Waals surface area (Å²) >= 11 is 0. The number of hydrogen-bond acceptors (Lipinski definition) is 4. The van der Waals surface area contributed by atoms with Gasteiger partial charge in [0.1, 0.15) is 0 Å². The minimum absolute atomic E-state index is 0.342. The molecule has 2 N–H and O–H groups in total. The summed E-state index contributed by atoms with van der Waals surface area (Å²) in [6.45, 7) is 6.21. The molecule has 0 saturated heterocycles. The molecule has 25 heavy (non-hydrogen) atoms. The first-order valence-corrected chi connectivity index (χ1v) is 7.60. The molecule has 1 aromatic rings. The first-order valence-electron chi connectivity index (χ1n) is 7.60. The maximum atomic E-state index is 11.5. The average molecular weight is 346 g/mol. The molecule has 0 heterocycles. The van der Waals surface area contributed by atoms with Crippen LogP contribution in [0, 0.1) is 0 Å². The van der Waals surface area contributed by atoms with Gasteiger partial charge in [-0.05, 0) is 18.1 Å². The first-order chi connectivity index (χ1) is 11.9. The van der Waals surface area contributed by atoms with Crippen LogP contribution in [0.1, 0.15) is 25.3 Å². The van der Waals surface area contributed by atoms with Crippen molar-refractivity contribution in [1.29, 1.82) is 0 Å². The van der Waals surface area contributed by atoms with Crippen molar-refractivity contribution in [3.8, 4) is 0 Å². The van der Waals surface area contributed by atoms with Crippen molar-refractivity contribution in [2.24, 2.45) is 0 Å². The van der Waals surface area contributed by atoms with Crippen molar-refractivity contribution in [3.05, 3.63) is 66.3 Å². The molecule has 0 unspecified atom stereocenters. The van der Waals surface area contributed by atoms with Gasteiger partial charge in [0, 0.05) is 12.2 Å². The van der Waals surface area contributed by atoms with Crippen LogP contribution in [0.15, 0.2) is 60.7 Å². The number of esters is 1. The van der Waals surface area contributed by atoms with Gasteiger partial charge in [0.05, 0.1) is 12.2 Å². The number of carbonyl (C=O) groups is 3. The number of rotatable bonds is 8. The highest BCUT2D eigenvalue weighted by molar-refractivity contribution is 5.92. The number of hydrogen-bond donors (Lipinski definition) is 2. The third-order valence-corrected chi connectivity index (χ3v) is 2.64. The van der Waals surface area contributed by atoms with Crippen molar-refractivity contribution in [3.63, 3.8) is 0 Å². The number of benzene rings is 1. The van der Waals surface area contributed by atoms with E-state index in [0.29, 0.717) is 24.3 Å². The van der Waals surface area contributed by atoms with E-state index >= 15 is 0 Å². The van der Waals surface area contributed by atoms with Crippen LogP contribution in [0.3, 0.4) is 0 Å². The molecule has 0 aliphatic heterocycles. The van der Waals surface area contributed by atoms with Gasteiger partial charge < -0.3 is 14.9 Å². The molecule has 0 saturated carbocycles. The number of carboxylic acids is 2. The number of aliphatic carboxylic acids is 2. The number of unbranched alkanes of at least 4 members (excludes halogenated alkanes) is 1. The van der Waals surface area contributed by atoms with E-state index in [0.717, 1.165) is 18.4 Å². The van der Waals surface area contributed by atoms with Crippen molar-refractivity contribution in [2.75, 3.05) is 6.61 Å². The molecule has 0 bridgehead atoms. The largest absolute Gasteiger partial charge is 0.478 e. The molecule has 134 valence electrons. The SMILES string of the molecule is C=C(C=Cc1ccccc1)C(=O)OCCCC.O=C(O)/C=C\C(=O)O. The second kappa shape index (κ2) is 13.3. The monoisotopic (exact) mass is 346 g/mol. The highest BCUT2D eigenvalue weighted by Gasteiger charge is 2.04. The van der Waals surface area contributed by atoms with Gasteiger partial charge in [-0.2, -0.15) is 0 Å². The summed E-state index contributed by atoms with van der Waals surface area (Å²) < 4.78 is 5.04. The highest BCUT2D eigenvalue weighted by atomic mass is 16.5. The second-order valence-corrected chi connectivity index (χ2v) is 4.77. The first kappa shape index (κ1) is 21.9. The van der Waals surface area contributed by atoms with Gasteiger partial charge in [0.15, 0.2) is 0 Å². The van der Waals surface area contributed by atoms with Crippen LogP contribution in [-0.2, 0) is 19.1 Å². The maximum Gasteiger partial charge on any atom is 0.337 e. The van der Waals surface area contributed by atoms with Gasteiger partial charge in [0.2, 0.25) is 0 Å². The van der Waals surface area contributed by atoms with Crippen LogP contribution >= 0.6 is 0 Å². The van der Waals surface area contributed by atoms with E-state index in [-0.39, 0.29) is 5.97 Å². The quantitative estimate of drug-likeness (QED) is 0.324. The van der Waals surface area contributed by atoms with Crippen molar-refractivity contribution < 1.29 is 29.3 Å². The summed E-state index contributed by atoms with van der Waals surface area (Å²) in [7, 11) is 0. The van der Waals surface area contributed by atoms with Gasteiger partial charge in [-0.15, -0.1) is 0 Å². The molecule has 1 rings (SSSR count). The summed E-state index contributed by atoms with van der Waals surface area (Å²) in [6.07, 6.45) is 6.55. The normalized spacial score (nSPS) is 10.1. The zero-order valence-corrected chi connectivity index (χ0v) is 14.1. The zero-order valence-electron chi connectivity index (χ0n) is 14.1. The molecule has 0 fully saturated rings. The van der Waals surface area contributed by atoms with Crippen molar-refractivity contribution in [1.82, 2.24) is 0 Å². The van der Waals surface area contributed by atoms with Gasteiger partial charge in [-0.25, -0.2) is 14.4 Å². The summed E-state index contributed by atoms with van der Waals surface area (Å²) in [5.41, 5.74) is 1.42. The van der Waals surface area contributed by atoms with E-state index in [2.05, 4.69) is 13.5 Å². The van der Waals surface area contributed by atoms with Gasteiger partial charge in [-0.1, -0.05) is 56.3 Å². The molecule has 0 amide bonds. The van der Waals surface area contributed by atoms with Crippen molar-refractivity contribution >= 4 is 24.0 Å². The molecule has 1 aromatic carbocycles. The van der Waals surface area contributed by atoms with E-state index in [1.54, 1.807) is 6.08 Å². The number of ether oxygens (including phenoxy) is 1. The summed E-state index contributed by atoms with van der Waals surface area (Å²) in [6, 6.07) is 9.77. The predicted octanol–water partition coefficient (Wildman–Crippen LogP) is 3.31. The summed E-state index contributed by atoms with van der Waals surface area (Å²) in [4.78, 5) is 30.6. The number of carboxylic acid groups (broad SMARTS) is 2. The molecule has 6 nitrogen and oxygen atoms in total. The molecular formula is C19H22O6. The molecule has 0 atom stereocenters. The Kier molecular flexibility index (Phi) is 11.6. The van der Waals surface area contributed by atoms with Crippen LogP contribution in [0.25, 0.3) is 6.08 Å². The Hall–Kier alpha value is -3.15. The Bertz CT molecular complexity index is 613. The van der Waals surface area contributed by atoms with E-state index in [4.69, 9.17) is 14.9 Å². The smallest absolute Gasteiger partial charge is 0.337 e. The van der Waals surface area contributed by atoms with E-state index < -0.39 is 11.9 Å². The average Bonchev–Trinajstić information content (AvgIpc) is 2.59. The Morgan fingerprint density at radius 3 is 2.08 bits per heavy atom. The molecule has 0 radical (unpaired) electrons. The minimum atomic E-state index is -1.26. The lowest BCUT2D eigenvalue weighted by atomic mass is 10.2. The summed E-state index contributed by atoms with van der Waals surface area (Å²) in [5.74, 6) is -2.86. The van der Waals surface area contributed by atoms with Crippen LogP contribution in [0.5, 0.6) is 0 Å². The van der Waals surface area contributed by atoms with Crippen LogP contribution < -0.4 is 0 Å². The van der Waals surface area contributed by atoms with E-state index in [1.165, 1.54) is 0 Å². The Balaban J connectivity index is 0.000000609. The molecule has 0 aromatic heterocycles. The van der Waals surface area contributed by atoms with Crippen LogP contribution in [0.2, 0.25) is 0 Å². The maximum absolute atomic E-state index is 11.5. The molecular weight excluding hydrogens is 324 g/mol. The van der Waals surface area contributed by atoms with E-state index in [9.17, 15) is 14.4 Å². The van der Waals surface area contributed by atoms with Crippen LogP contribution in [0.4, 0.5) is 0 Å². The standard InChI is InChI=1S/C15H18O2.C4H4O4/c1-3-4-12-17-15(16)13(2)10-11-14-8-6-5-7-9-14;5-3(6)1-2-4(7)8/h5-11H,2-4,12H2,1H3;1-2H,(H,5,6)(H,7,8)/b;2-1-. The fourth-order valence-corrected chi connectivity index (χ4v) is 1.37. The third-order valence-electron chi connectivity index (χ3n) is 2.64. The summed E-state index contributed by atoms with van der Waals surface area (Å²) in [5, 5.41) is 15.6. The third kappa shape index (κ3) is 13.0. The predicted molar refractivity (Wildman–Crippen MR) is 94.9 cm³/mol. The van der Waals surface area contributed by atoms with Gasteiger partial charge >= 0.3 is 17.9 Å². The lowest BCUT2D eigenvalue weighted by Crippen LogP contribution is -2.06.